The number of rotatable bonds is 6. The quantitative estimate of drug-likeness (QED) is 0.542. The molecule has 1 rings (SSSR count). The summed E-state index contributed by atoms with van der Waals surface area (Å²) in [7, 11) is -3.37. The summed E-state index contributed by atoms with van der Waals surface area (Å²) in [4.78, 5) is 0. The molecule has 0 heterocycles. The van der Waals surface area contributed by atoms with Crippen LogP contribution in [0.25, 0.3) is 0 Å². The van der Waals surface area contributed by atoms with Gasteiger partial charge in [0.05, 0.1) is 24.5 Å². The zero-order chi connectivity index (χ0) is 10.8. The van der Waals surface area contributed by atoms with Gasteiger partial charge in [0, 0.05) is 0 Å². The first-order chi connectivity index (χ1) is 6.41. The van der Waals surface area contributed by atoms with Gasteiger partial charge in [-0.2, -0.15) is 0 Å². The number of aliphatic hydroxyl groups is 2. The van der Waals surface area contributed by atoms with Crippen LogP contribution < -0.4 is 4.72 Å². The molecule has 0 radical (unpaired) electrons. The number of sulfonamides is 1. The molecular weight excluding hydrogens is 206 g/mol. The second-order valence-corrected chi connectivity index (χ2v) is 5.97. The summed E-state index contributed by atoms with van der Waals surface area (Å²) >= 11 is 0. The van der Waals surface area contributed by atoms with E-state index in [-0.39, 0.29) is 11.7 Å². The van der Waals surface area contributed by atoms with E-state index in [4.69, 9.17) is 10.2 Å². The SMILES string of the molecule is CC(CO)(CO)NS(=O)(=O)CC1CC1. The fourth-order valence-electron chi connectivity index (χ4n) is 1.13. The topological polar surface area (TPSA) is 86.6 Å². The number of aliphatic hydroxyl groups excluding tert-OH is 2. The Bertz CT molecular complexity index is 280. The van der Waals surface area contributed by atoms with Gasteiger partial charge in [0.1, 0.15) is 0 Å². The highest BCUT2D eigenvalue weighted by Gasteiger charge is 2.33. The minimum absolute atomic E-state index is 0.0998. The first-order valence-electron chi connectivity index (χ1n) is 4.64. The summed E-state index contributed by atoms with van der Waals surface area (Å²) in [5.41, 5.74) is -1.15. The summed E-state index contributed by atoms with van der Waals surface area (Å²) < 4.78 is 25.3. The van der Waals surface area contributed by atoms with E-state index in [0.717, 1.165) is 12.8 Å². The van der Waals surface area contributed by atoms with E-state index in [0.29, 0.717) is 0 Å². The average molecular weight is 223 g/mol. The van der Waals surface area contributed by atoms with Crippen LogP contribution in [0.2, 0.25) is 0 Å². The fraction of sp³-hybridized carbons (Fsp3) is 1.00. The van der Waals surface area contributed by atoms with Gasteiger partial charge < -0.3 is 10.2 Å². The van der Waals surface area contributed by atoms with Gasteiger partial charge >= 0.3 is 0 Å². The molecule has 0 aromatic heterocycles. The van der Waals surface area contributed by atoms with Gasteiger partial charge in [-0.3, -0.25) is 0 Å². The predicted octanol–water partition coefficient (Wildman–Crippen LogP) is -0.941. The molecule has 84 valence electrons. The lowest BCUT2D eigenvalue weighted by Crippen LogP contribution is -2.52. The van der Waals surface area contributed by atoms with Crippen molar-refractivity contribution in [1.82, 2.24) is 4.72 Å². The standard InChI is InChI=1S/C8H17NO4S/c1-8(5-10,6-11)9-14(12,13)4-7-2-3-7/h7,9-11H,2-6H2,1H3. The van der Waals surface area contributed by atoms with E-state index in [1.807, 2.05) is 0 Å². The van der Waals surface area contributed by atoms with Crippen molar-refractivity contribution >= 4 is 10.0 Å². The highest BCUT2D eigenvalue weighted by Crippen LogP contribution is 2.30. The van der Waals surface area contributed by atoms with Gasteiger partial charge in [0.25, 0.3) is 0 Å². The third-order valence-electron chi connectivity index (χ3n) is 2.25. The Morgan fingerprint density at radius 2 is 1.86 bits per heavy atom. The highest BCUT2D eigenvalue weighted by molar-refractivity contribution is 7.89. The summed E-state index contributed by atoms with van der Waals surface area (Å²) in [5.74, 6) is 0.358. The van der Waals surface area contributed by atoms with Crippen molar-refractivity contribution in [2.24, 2.45) is 5.92 Å². The van der Waals surface area contributed by atoms with Crippen LogP contribution in [-0.2, 0) is 10.0 Å². The van der Waals surface area contributed by atoms with Crippen molar-refractivity contribution in [2.75, 3.05) is 19.0 Å². The smallest absolute Gasteiger partial charge is 0.212 e. The maximum absolute atomic E-state index is 11.5. The molecular formula is C8H17NO4S. The van der Waals surface area contributed by atoms with E-state index in [1.54, 1.807) is 0 Å². The second kappa shape index (κ2) is 4.14. The molecule has 0 spiro atoms. The maximum atomic E-state index is 11.5. The van der Waals surface area contributed by atoms with Crippen LogP contribution in [0.4, 0.5) is 0 Å². The number of nitrogens with one attached hydrogen (secondary N) is 1. The lowest BCUT2D eigenvalue weighted by molar-refractivity contribution is 0.121. The Labute approximate surface area is 84.2 Å². The Hall–Kier alpha value is -0.170. The lowest BCUT2D eigenvalue weighted by Gasteiger charge is -2.25. The molecule has 14 heavy (non-hydrogen) atoms. The van der Waals surface area contributed by atoms with E-state index in [9.17, 15) is 8.42 Å². The Kier molecular flexibility index (Phi) is 3.52. The molecule has 0 bridgehead atoms. The number of hydrogen-bond acceptors (Lipinski definition) is 4. The summed E-state index contributed by atoms with van der Waals surface area (Å²) in [6, 6.07) is 0. The summed E-state index contributed by atoms with van der Waals surface area (Å²) in [6.07, 6.45) is 1.91. The lowest BCUT2D eigenvalue weighted by atomic mass is 10.1. The molecule has 0 amide bonds. The van der Waals surface area contributed by atoms with Crippen LogP contribution in [-0.4, -0.2) is 43.1 Å². The van der Waals surface area contributed by atoms with Gasteiger partial charge in [-0.15, -0.1) is 0 Å². The van der Waals surface area contributed by atoms with E-state index in [1.165, 1.54) is 6.92 Å². The van der Waals surface area contributed by atoms with Gasteiger partial charge in [-0.25, -0.2) is 13.1 Å². The molecule has 1 aliphatic carbocycles. The summed E-state index contributed by atoms with van der Waals surface area (Å²) in [5, 5.41) is 17.8. The molecule has 5 nitrogen and oxygen atoms in total. The molecule has 0 aromatic carbocycles. The Morgan fingerprint density at radius 1 is 1.36 bits per heavy atom. The molecule has 1 fully saturated rings. The minimum atomic E-state index is -3.37. The van der Waals surface area contributed by atoms with Crippen molar-refractivity contribution < 1.29 is 18.6 Å². The third-order valence-corrected chi connectivity index (χ3v) is 3.97. The Morgan fingerprint density at radius 3 is 2.21 bits per heavy atom. The predicted molar refractivity (Wildman–Crippen MR) is 52.2 cm³/mol. The van der Waals surface area contributed by atoms with E-state index >= 15 is 0 Å². The highest BCUT2D eigenvalue weighted by atomic mass is 32.2. The van der Waals surface area contributed by atoms with Gasteiger partial charge in [-0.1, -0.05) is 0 Å². The average Bonchev–Trinajstić information content (AvgIpc) is 2.86. The Balaban J connectivity index is 2.55. The first kappa shape index (κ1) is 11.9. The molecule has 1 aliphatic rings. The van der Waals surface area contributed by atoms with Crippen LogP contribution >= 0.6 is 0 Å². The van der Waals surface area contributed by atoms with Crippen molar-refractivity contribution in [1.29, 1.82) is 0 Å². The van der Waals surface area contributed by atoms with Crippen molar-refractivity contribution in [3.63, 3.8) is 0 Å². The normalized spacial score (nSPS) is 18.5. The largest absolute Gasteiger partial charge is 0.394 e. The van der Waals surface area contributed by atoms with Crippen molar-refractivity contribution in [3.05, 3.63) is 0 Å². The zero-order valence-electron chi connectivity index (χ0n) is 8.23. The minimum Gasteiger partial charge on any atom is -0.394 e. The van der Waals surface area contributed by atoms with Crippen LogP contribution in [0.3, 0.4) is 0 Å². The second-order valence-electron chi connectivity index (χ2n) is 4.20. The molecule has 0 aliphatic heterocycles. The molecule has 1 saturated carbocycles. The fourth-order valence-corrected chi connectivity index (χ4v) is 3.04. The third kappa shape index (κ3) is 3.53. The van der Waals surface area contributed by atoms with E-state index in [2.05, 4.69) is 4.72 Å². The van der Waals surface area contributed by atoms with Crippen molar-refractivity contribution in [3.8, 4) is 0 Å². The van der Waals surface area contributed by atoms with E-state index < -0.39 is 28.8 Å². The molecule has 0 aromatic rings. The molecule has 6 heteroatoms. The van der Waals surface area contributed by atoms with Gasteiger partial charge in [0.15, 0.2) is 0 Å². The van der Waals surface area contributed by atoms with Gasteiger partial charge in [0.2, 0.25) is 10.0 Å². The molecule has 0 saturated heterocycles. The monoisotopic (exact) mass is 223 g/mol. The zero-order valence-corrected chi connectivity index (χ0v) is 9.05. The van der Waals surface area contributed by atoms with Gasteiger partial charge in [-0.05, 0) is 25.7 Å². The van der Waals surface area contributed by atoms with Crippen LogP contribution in [0, 0.1) is 5.92 Å². The molecule has 0 unspecified atom stereocenters. The molecule has 0 atom stereocenters. The number of hydrogen-bond donors (Lipinski definition) is 3. The van der Waals surface area contributed by atoms with Crippen molar-refractivity contribution in [2.45, 2.75) is 25.3 Å². The maximum Gasteiger partial charge on any atom is 0.212 e. The van der Waals surface area contributed by atoms with Crippen LogP contribution in [0.5, 0.6) is 0 Å². The van der Waals surface area contributed by atoms with Crippen LogP contribution in [0.1, 0.15) is 19.8 Å². The molecule has 3 N–H and O–H groups in total. The summed E-state index contributed by atoms with van der Waals surface area (Å²) in [6.45, 7) is 0.651. The first-order valence-corrected chi connectivity index (χ1v) is 6.29. The van der Waals surface area contributed by atoms with Crippen LogP contribution in [0.15, 0.2) is 0 Å².